The van der Waals surface area contributed by atoms with Crippen LogP contribution in [0.1, 0.15) is 30.9 Å². The summed E-state index contributed by atoms with van der Waals surface area (Å²) in [5.41, 5.74) is 0.827. The third-order valence-electron chi connectivity index (χ3n) is 2.68. The Kier molecular flexibility index (Phi) is 2.89. The van der Waals surface area contributed by atoms with Crippen molar-refractivity contribution in [2.75, 3.05) is 0 Å². The second-order valence-electron chi connectivity index (χ2n) is 3.66. The number of nitrogens with zero attached hydrogens (tertiary/aromatic N) is 2. The van der Waals surface area contributed by atoms with Crippen LogP contribution in [0.4, 0.5) is 0 Å². The van der Waals surface area contributed by atoms with Crippen molar-refractivity contribution in [1.82, 2.24) is 9.97 Å². The maximum atomic E-state index is 10.0. The highest BCUT2D eigenvalue weighted by atomic mass is 16.3. The molecular formula is C11H14N2O. The normalized spacial score (nSPS) is 23.4. The molecule has 0 aromatic carbocycles. The molecule has 14 heavy (non-hydrogen) atoms. The predicted octanol–water partition coefficient (Wildman–Crippen LogP) is 1.87. The fourth-order valence-corrected chi connectivity index (χ4v) is 1.84. The molecule has 1 heterocycles. The molecule has 3 heteroatoms. The van der Waals surface area contributed by atoms with Crippen LogP contribution in [-0.2, 0) is 0 Å². The maximum Gasteiger partial charge on any atom is 0.115 e. The van der Waals surface area contributed by atoms with Gasteiger partial charge in [-0.05, 0) is 25.2 Å². The van der Waals surface area contributed by atoms with Crippen molar-refractivity contribution < 1.29 is 5.11 Å². The first-order valence-electron chi connectivity index (χ1n) is 4.96. The van der Waals surface area contributed by atoms with E-state index in [-0.39, 0.29) is 0 Å². The zero-order valence-corrected chi connectivity index (χ0v) is 8.00. The van der Waals surface area contributed by atoms with Crippen LogP contribution >= 0.6 is 0 Å². The molecule has 2 unspecified atom stereocenters. The monoisotopic (exact) mass is 190 g/mol. The number of aliphatic hydroxyl groups is 1. The minimum Gasteiger partial charge on any atom is -0.388 e. The quantitative estimate of drug-likeness (QED) is 0.724. The van der Waals surface area contributed by atoms with Crippen molar-refractivity contribution in [2.45, 2.75) is 25.4 Å². The number of hydrogen-bond acceptors (Lipinski definition) is 3. The van der Waals surface area contributed by atoms with Crippen molar-refractivity contribution in [1.29, 1.82) is 0 Å². The van der Waals surface area contributed by atoms with E-state index >= 15 is 0 Å². The van der Waals surface area contributed by atoms with Gasteiger partial charge >= 0.3 is 0 Å². The van der Waals surface area contributed by atoms with Gasteiger partial charge in [0.15, 0.2) is 0 Å². The van der Waals surface area contributed by atoms with Gasteiger partial charge in [-0.3, -0.25) is 0 Å². The van der Waals surface area contributed by atoms with Crippen molar-refractivity contribution in [2.24, 2.45) is 5.92 Å². The first-order valence-corrected chi connectivity index (χ1v) is 4.96. The lowest BCUT2D eigenvalue weighted by Crippen LogP contribution is -2.14. The lowest BCUT2D eigenvalue weighted by Gasteiger charge is -2.23. The van der Waals surface area contributed by atoms with Crippen LogP contribution in [0, 0.1) is 5.92 Å². The zero-order valence-electron chi connectivity index (χ0n) is 8.00. The van der Waals surface area contributed by atoms with Gasteiger partial charge in [-0.2, -0.15) is 0 Å². The molecular weight excluding hydrogens is 176 g/mol. The highest BCUT2D eigenvalue weighted by molar-refractivity contribution is 5.09. The standard InChI is InChI=1S/C11H14N2O/c14-11(9-4-2-1-3-5-9)10-6-12-8-13-7-10/h1-2,6-9,11,14H,3-5H2. The molecule has 0 bridgehead atoms. The molecule has 1 aliphatic carbocycles. The molecule has 2 atom stereocenters. The van der Waals surface area contributed by atoms with Crippen LogP contribution in [0.25, 0.3) is 0 Å². The van der Waals surface area contributed by atoms with E-state index in [4.69, 9.17) is 0 Å². The average Bonchev–Trinajstić information content (AvgIpc) is 2.30. The smallest absolute Gasteiger partial charge is 0.115 e. The van der Waals surface area contributed by atoms with Gasteiger partial charge in [-0.25, -0.2) is 9.97 Å². The van der Waals surface area contributed by atoms with Crippen LogP contribution in [0.5, 0.6) is 0 Å². The Hall–Kier alpha value is -1.22. The summed E-state index contributed by atoms with van der Waals surface area (Å²) in [5.74, 6) is 0.325. The van der Waals surface area contributed by atoms with E-state index in [9.17, 15) is 5.11 Å². The van der Waals surface area contributed by atoms with Gasteiger partial charge in [0, 0.05) is 18.0 Å². The minimum atomic E-state index is -0.416. The second-order valence-corrected chi connectivity index (χ2v) is 3.66. The molecule has 0 spiro atoms. The summed E-state index contributed by atoms with van der Waals surface area (Å²) in [4.78, 5) is 7.82. The number of aliphatic hydroxyl groups excluding tert-OH is 1. The largest absolute Gasteiger partial charge is 0.388 e. The van der Waals surface area contributed by atoms with Crippen LogP contribution in [0.3, 0.4) is 0 Å². The summed E-state index contributed by atoms with van der Waals surface area (Å²) < 4.78 is 0. The summed E-state index contributed by atoms with van der Waals surface area (Å²) in [6, 6.07) is 0. The first-order chi connectivity index (χ1) is 6.88. The van der Waals surface area contributed by atoms with Crippen LogP contribution in [0.15, 0.2) is 30.9 Å². The van der Waals surface area contributed by atoms with Gasteiger partial charge in [0.25, 0.3) is 0 Å². The summed E-state index contributed by atoms with van der Waals surface area (Å²) in [6.07, 6.45) is 11.8. The Labute approximate surface area is 83.5 Å². The van der Waals surface area contributed by atoms with Gasteiger partial charge in [0.1, 0.15) is 6.33 Å². The third-order valence-corrected chi connectivity index (χ3v) is 2.68. The van der Waals surface area contributed by atoms with Crippen molar-refractivity contribution >= 4 is 0 Å². The molecule has 0 amide bonds. The van der Waals surface area contributed by atoms with E-state index in [0.717, 1.165) is 24.8 Å². The first kappa shape index (κ1) is 9.34. The minimum absolute atomic E-state index is 0.325. The Morgan fingerprint density at radius 2 is 2.07 bits per heavy atom. The summed E-state index contributed by atoms with van der Waals surface area (Å²) in [5, 5.41) is 10.0. The molecule has 3 nitrogen and oxygen atoms in total. The highest BCUT2D eigenvalue weighted by Gasteiger charge is 2.21. The number of rotatable bonds is 2. The average molecular weight is 190 g/mol. The Morgan fingerprint density at radius 1 is 1.29 bits per heavy atom. The van der Waals surface area contributed by atoms with Crippen LogP contribution in [-0.4, -0.2) is 15.1 Å². The van der Waals surface area contributed by atoms with Crippen LogP contribution < -0.4 is 0 Å². The Bertz CT molecular complexity index is 310. The number of allylic oxidation sites excluding steroid dienone is 2. The lowest BCUT2D eigenvalue weighted by atomic mass is 9.87. The maximum absolute atomic E-state index is 10.0. The fourth-order valence-electron chi connectivity index (χ4n) is 1.84. The Morgan fingerprint density at radius 3 is 2.71 bits per heavy atom. The fraction of sp³-hybridized carbons (Fsp3) is 0.455. The summed E-state index contributed by atoms with van der Waals surface area (Å²) in [7, 11) is 0. The van der Waals surface area contributed by atoms with Crippen molar-refractivity contribution in [3.8, 4) is 0 Å². The number of aromatic nitrogens is 2. The van der Waals surface area contributed by atoms with Gasteiger partial charge in [0.05, 0.1) is 6.10 Å². The molecule has 0 aliphatic heterocycles. The van der Waals surface area contributed by atoms with Gasteiger partial charge < -0.3 is 5.11 Å². The molecule has 1 aromatic heterocycles. The zero-order chi connectivity index (χ0) is 9.80. The molecule has 1 N–H and O–H groups in total. The van der Waals surface area contributed by atoms with E-state index in [2.05, 4.69) is 22.1 Å². The van der Waals surface area contributed by atoms with Gasteiger partial charge in [-0.15, -0.1) is 0 Å². The lowest BCUT2D eigenvalue weighted by molar-refractivity contribution is 0.102. The second kappa shape index (κ2) is 4.33. The van der Waals surface area contributed by atoms with E-state index in [1.165, 1.54) is 6.33 Å². The topological polar surface area (TPSA) is 46.0 Å². The van der Waals surface area contributed by atoms with E-state index in [1.54, 1.807) is 12.4 Å². The molecule has 1 aromatic rings. The van der Waals surface area contributed by atoms with Crippen LogP contribution in [0.2, 0.25) is 0 Å². The van der Waals surface area contributed by atoms with Gasteiger partial charge in [0.2, 0.25) is 0 Å². The van der Waals surface area contributed by atoms with E-state index in [0.29, 0.717) is 5.92 Å². The summed E-state index contributed by atoms with van der Waals surface area (Å²) >= 11 is 0. The summed E-state index contributed by atoms with van der Waals surface area (Å²) in [6.45, 7) is 0. The molecule has 0 saturated carbocycles. The van der Waals surface area contributed by atoms with E-state index in [1.807, 2.05) is 0 Å². The molecule has 1 aliphatic rings. The third kappa shape index (κ3) is 1.99. The van der Waals surface area contributed by atoms with Crippen molar-refractivity contribution in [3.63, 3.8) is 0 Å². The van der Waals surface area contributed by atoms with Crippen molar-refractivity contribution in [3.05, 3.63) is 36.4 Å². The molecule has 0 fully saturated rings. The molecule has 74 valence electrons. The predicted molar refractivity (Wildman–Crippen MR) is 53.5 cm³/mol. The van der Waals surface area contributed by atoms with E-state index < -0.39 is 6.10 Å². The SMILES string of the molecule is OC(c1cncnc1)C1CC=CCC1. The molecule has 0 saturated heterocycles. The highest BCUT2D eigenvalue weighted by Crippen LogP contribution is 2.30. The number of hydrogen-bond donors (Lipinski definition) is 1. The Balaban J connectivity index is 2.08. The molecule has 2 rings (SSSR count). The molecule has 0 radical (unpaired) electrons. The van der Waals surface area contributed by atoms with Gasteiger partial charge in [-0.1, -0.05) is 12.2 Å².